The molecule has 2 aromatic heterocycles. The van der Waals surface area contributed by atoms with Crippen molar-refractivity contribution in [2.24, 2.45) is 5.10 Å². The van der Waals surface area contributed by atoms with Gasteiger partial charge in [0.05, 0.1) is 30.5 Å². The lowest BCUT2D eigenvalue weighted by Gasteiger charge is -2.31. The van der Waals surface area contributed by atoms with Gasteiger partial charge in [0, 0.05) is 23.6 Å². The number of halogens is 2. The Labute approximate surface area is 258 Å². The van der Waals surface area contributed by atoms with Crippen LogP contribution in [-0.2, 0) is 22.4 Å². The normalized spacial score (nSPS) is 19.2. The Hall–Kier alpha value is -4.29. The molecule has 2 N–H and O–H groups in total. The summed E-state index contributed by atoms with van der Waals surface area (Å²) < 4.78 is 34.5. The first kappa shape index (κ1) is 30.7. The highest BCUT2D eigenvalue weighted by Gasteiger charge is 2.29. The second-order valence-electron chi connectivity index (χ2n) is 11.7. The summed E-state index contributed by atoms with van der Waals surface area (Å²) in [5.74, 6) is 0.319. The van der Waals surface area contributed by atoms with Crippen molar-refractivity contribution in [3.8, 4) is 11.1 Å². The van der Waals surface area contributed by atoms with Crippen molar-refractivity contribution in [3.63, 3.8) is 0 Å². The maximum Gasteiger partial charge on any atom is 0.266 e. The van der Waals surface area contributed by atoms with Gasteiger partial charge in [0.1, 0.15) is 12.4 Å². The molecule has 0 saturated heterocycles. The number of carbonyl (C=O) groups excluding carboxylic acids is 1. The van der Waals surface area contributed by atoms with Crippen LogP contribution in [0.3, 0.4) is 0 Å². The van der Waals surface area contributed by atoms with Crippen LogP contribution in [0.1, 0.15) is 73.9 Å². The van der Waals surface area contributed by atoms with Crippen LogP contribution in [0.4, 0.5) is 8.78 Å². The molecule has 1 aliphatic heterocycles. The van der Waals surface area contributed by atoms with Gasteiger partial charge in [-0.2, -0.15) is 15.2 Å². The first-order valence-electron chi connectivity index (χ1n) is 15.4. The minimum Gasteiger partial charge on any atom is -0.385 e. The standard InChI is InChI=1S/C33H36F2N6O4/c1-2-6-28-26(16-20-9-14-24(21-7-4-3-5-8-21)25(15-20)27-17-30(43)39-38-27)32(44)40(33-36-19-37-41(28)33)22-10-12-23(13-11-22)45-18-29(42)31(34)35/h3-5,7-9,14-15,19,22-23,29,31,42H,2,6,10-13,16-18H2,1H3,(H,39,43). The molecule has 0 radical (unpaired) electrons. The molecule has 6 rings (SSSR count). The van der Waals surface area contributed by atoms with Crippen LogP contribution in [0.2, 0.25) is 0 Å². The average Bonchev–Trinajstić information content (AvgIpc) is 3.72. The van der Waals surface area contributed by atoms with Crippen molar-refractivity contribution in [2.45, 2.75) is 83.0 Å². The number of alkyl halides is 2. The number of aryl methyl sites for hydroxylation is 1. The minimum absolute atomic E-state index is 0.125. The van der Waals surface area contributed by atoms with Crippen molar-refractivity contribution in [1.82, 2.24) is 24.6 Å². The average molecular weight is 619 g/mol. The van der Waals surface area contributed by atoms with Gasteiger partial charge in [0.2, 0.25) is 11.7 Å². The maximum absolute atomic E-state index is 14.4. The van der Waals surface area contributed by atoms with Crippen LogP contribution in [0.15, 0.2) is 64.8 Å². The van der Waals surface area contributed by atoms with E-state index < -0.39 is 19.1 Å². The Morgan fingerprint density at radius 2 is 1.84 bits per heavy atom. The van der Waals surface area contributed by atoms with E-state index in [2.05, 4.69) is 27.5 Å². The highest BCUT2D eigenvalue weighted by Crippen LogP contribution is 2.32. The molecule has 2 aliphatic rings. The molecule has 2 aromatic carbocycles. The number of hydrogen-bond acceptors (Lipinski definition) is 7. The number of hydrazone groups is 1. The second kappa shape index (κ2) is 13.4. The fourth-order valence-electron chi connectivity index (χ4n) is 6.39. The number of ether oxygens (including phenoxy) is 1. The largest absolute Gasteiger partial charge is 0.385 e. The quantitative estimate of drug-likeness (QED) is 0.256. The maximum atomic E-state index is 14.4. The number of fused-ring (bicyclic) bond motifs is 1. The molecule has 1 amide bonds. The molecule has 3 heterocycles. The van der Waals surface area contributed by atoms with Crippen LogP contribution in [0.25, 0.3) is 16.9 Å². The Bertz CT molecular complexity index is 1760. The molecule has 1 aliphatic carbocycles. The van der Waals surface area contributed by atoms with Gasteiger partial charge in [0.15, 0.2) is 0 Å². The number of aromatic nitrogens is 4. The summed E-state index contributed by atoms with van der Waals surface area (Å²) in [6.07, 6.45) is 0.842. The van der Waals surface area contributed by atoms with E-state index in [4.69, 9.17) is 4.74 Å². The van der Waals surface area contributed by atoms with Gasteiger partial charge in [-0.3, -0.25) is 14.2 Å². The summed E-state index contributed by atoms with van der Waals surface area (Å²) in [4.78, 5) is 30.9. The predicted molar refractivity (Wildman–Crippen MR) is 164 cm³/mol. The summed E-state index contributed by atoms with van der Waals surface area (Å²) in [7, 11) is 0. The molecule has 0 bridgehead atoms. The van der Waals surface area contributed by atoms with Crippen molar-refractivity contribution >= 4 is 17.4 Å². The molecule has 0 spiro atoms. The number of aliphatic hydroxyl groups excluding tert-OH is 1. The van der Waals surface area contributed by atoms with Crippen LogP contribution in [-0.4, -0.2) is 61.1 Å². The van der Waals surface area contributed by atoms with Gasteiger partial charge >= 0.3 is 0 Å². The Balaban J connectivity index is 1.35. The van der Waals surface area contributed by atoms with Crippen LogP contribution >= 0.6 is 0 Å². The Kier molecular flexibility index (Phi) is 9.13. The smallest absolute Gasteiger partial charge is 0.266 e. The fourth-order valence-corrected chi connectivity index (χ4v) is 6.39. The predicted octanol–water partition coefficient (Wildman–Crippen LogP) is 4.45. The number of aliphatic hydroxyl groups is 1. The van der Waals surface area contributed by atoms with E-state index >= 15 is 0 Å². The van der Waals surface area contributed by atoms with Crippen LogP contribution < -0.4 is 11.0 Å². The van der Waals surface area contributed by atoms with E-state index in [0.29, 0.717) is 55.6 Å². The number of nitrogens with one attached hydrogen (secondary N) is 1. The third kappa shape index (κ3) is 6.43. The second-order valence-corrected chi connectivity index (χ2v) is 11.7. The highest BCUT2D eigenvalue weighted by molar-refractivity contribution is 6.16. The molecule has 1 atom stereocenters. The zero-order valence-electron chi connectivity index (χ0n) is 25.0. The Morgan fingerprint density at radius 1 is 1.07 bits per heavy atom. The van der Waals surface area contributed by atoms with Gasteiger partial charge in [-0.05, 0) is 54.9 Å². The van der Waals surface area contributed by atoms with Gasteiger partial charge in [-0.25, -0.2) is 18.7 Å². The first-order valence-corrected chi connectivity index (χ1v) is 15.4. The number of rotatable bonds is 11. The van der Waals surface area contributed by atoms with Gasteiger partial charge < -0.3 is 9.84 Å². The number of carbonyl (C=O) groups is 1. The van der Waals surface area contributed by atoms with E-state index in [1.807, 2.05) is 48.5 Å². The molecular formula is C33H36F2N6O4. The fraction of sp³-hybridized carbons (Fsp3) is 0.424. The lowest BCUT2D eigenvalue weighted by Crippen LogP contribution is -2.36. The number of amides is 1. The third-order valence-electron chi connectivity index (χ3n) is 8.62. The monoisotopic (exact) mass is 618 g/mol. The molecule has 12 heteroatoms. The topological polar surface area (TPSA) is 123 Å². The molecule has 10 nitrogen and oxygen atoms in total. The van der Waals surface area contributed by atoms with Crippen LogP contribution in [0.5, 0.6) is 0 Å². The number of nitrogens with zero attached hydrogens (tertiary/aromatic N) is 5. The number of benzene rings is 2. The van der Waals surface area contributed by atoms with E-state index in [-0.39, 0.29) is 30.0 Å². The van der Waals surface area contributed by atoms with Crippen molar-refractivity contribution in [1.29, 1.82) is 0 Å². The van der Waals surface area contributed by atoms with Crippen LogP contribution in [0, 0.1) is 0 Å². The van der Waals surface area contributed by atoms with Gasteiger partial charge in [-0.15, -0.1) is 0 Å². The summed E-state index contributed by atoms with van der Waals surface area (Å²) in [6.45, 7) is 1.64. The minimum atomic E-state index is -2.85. The molecule has 236 valence electrons. The van der Waals surface area contributed by atoms with E-state index in [1.54, 1.807) is 9.08 Å². The molecule has 1 unspecified atom stereocenters. The number of hydrogen-bond donors (Lipinski definition) is 2. The van der Waals surface area contributed by atoms with E-state index in [0.717, 1.165) is 34.4 Å². The summed E-state index contributed by atoms with van der Waals surface area (Å²) in [6, 6.07) is 15.8. The molecule has 4 aromatic rings. The third-order valence-corrected chi connectivity index (χ3v) is 8.62. The molecule has 45 heavy (non-hydrogen) atoms. The van der Waals surface area contributed by atoms with Crippen molar-refractivity contribution in [3.05, 3.63) is 87.6 Å². The molecule has 1 saturated carbocycles. The van der Waals surface area contributed by atoms with E-state index in [9.17, 15) is 23.5 Å². The first-order chi connectivity index (χ1) is 21.8. The lowest BCUT2D eigenvalue weighted by atomic mass is 9.91. The van der Waals surface area contributed by atoms with Crippen molar-refractivity contribution < 1.29 is 23.4 Å². The zero-order chi connectivity index (χ0) is 31.5. The SMILES string of the molecule is CCCc1c(Cc2ccc(-c3ccccc3)c(C3=NNC(=O)C3)c2)c(=O)n(C2CCC(OCC(O)C(F)F)CC2)c2ncnn12. The molecule has 1 fully saturated rings. The lowest BCUT2D eigenvalue weighted by molar-refractivity contribution is -0.119. The van der Waals surface area contributed by atoms with Crippen molar-refractivity contribution in [2.75, 3.05) is 6.61 Å². The van der Waals surface area contributed by atoms with Gasteiger partial charge in [-0.1, -0.05) is 55.8 Å². The van der Waals surface area contributed by atoms with Gasteiger partial charge in [0.25, 0.3) is 12.0 Å². The summed E-state index contributed by atoms with van der Waals surface area (Å²) in [5, 5.41) is 18.3. The highest BCUT2D eigenvalue weighted by atomic mass is 19.3. The molecular weight excluding hydrogens is 582 g/mol. The Morgan fingerprint density at radius 3 is 2.53 bits per heavy atom. The summed E-state index contributed by atoms with van der Waals surface area (Å²) >= 11 is 0. The summed E-state index contributed by atoms with van der Waals surface area (Å²) in [5.41, 5.74) is 8.23. The zero-order valence-corrected chi connectivity index (χ0v) is 25.0. The van der Waals surface area contributed by atoms with E-state index in [1.165, 1.54) is 6.33 Å².